The summed E-state index contributed by atoms with van der Waals surface area (Å²) in [7, 11) is 3.29. The van der Waals surface area contributed by atoms with Gasteiger partial charge in [0, 0.05) is 17.6 Å². The van der Waals surface area contributed by atoms with Gasteiger partial charge in [0.25, 0.3) is 0 Å². The van der Waals surface area contributed by atoms with E-state index in [0.717, 1.165) is 34.6 Å². The second kappa shape index (κ2) is 7.48. The van der Waals surface area contributed by atoms with Gasteiger partial charge in [-0.1, -0.05) is 40.2 Å². The van der Waals surface area contributed by atoms with Gasteiger partial charge in [0.2, 0.25) is 0 Å². The molecule has 112 valence electrons. The molecule has 21 heavy (non-hydrogen) atoms. The number of hydrogen-bond donors (Lipinski definition) is 1. The van der Waals surface area contributed by atoms with Crippen LogP contribution in [0.4, 0.5) is 0 Å². The highest BCUT2D eigenvalue weighted by Gasteiger charge is 2.09. The summed E-state index contributed by atoms with van der Waals surface area (Å²) >= 11 is 3.58. The van der Waals surface area contributed by atoms with E-state index in [2.05, 4.69) is 52.4 Å². The van der Waals surface area contributed by atoms with E-state index < -0.39 is 0 Å². The van der Waals surface area contributed by atoms with Crippen LogP contribution >= 0.6 is 15.9 Å². The lowest BCUT2D eigenvalue weighted by Gasteiger charge is -2.13. The molecule has 0 bridgehead atoms. The van der Waals surface area contributed by atoms with Gasteiger partial charge in [-0.15, -0.1) is 0 Å². The zero-order valence-electron chi connectivity index (χ0n) is 12.6. The molecule has 0 radical (unpaired) electrons. The third-order valence-electron chi connectivity index (χ3n) is 3.44. The molecule has 2 aromatic rings. The largest absolute Gasteiger partial charge is 0.493 e. The molecule has 0 aromatic heterocycles. The number of hydrogen-bond acceptors (Lipinski definition) is 3. The number of aryl methyl sites for hydroxylation is 1. The second-order valence-corrected chi connectivity index (χ2v) is 5.68. The van der Waals surface area contributed by atoms with Crippen molar-refractivity contribution < 1.29 is 9.47 Å². The fraction of sp³-hybridized carbons (Fsp3) is 0.294. The molecule has 0 atom stereocenters. The Morgan fingerprint density at radius 3 is 2.24 bits per heavy atom. The van der Waals surface area contributed by atoms with Crippen LogP contribution in [-0.4, -0.2) is 14.2 Å². The quantitative estimate of drug-likeness (QED) is 0.852. The van der Waals surface area contributed by atoms with E-state index in [9.17, 15) is 0 Å². The number of halogens is 1. The van der Waals surface area contributed by atoms with E-state index in [4.69, 9.17) is 9.47 Å². The van der Waals surface area contributed by atoms with Crippen molar-refractivity contribution in [2.45, 2.75) is 20.0 Å². The predicted molar refractivity (Wildman–Crippen MR) is 89.0 cm³/mol. The normalized spacial score (nSPS) is 10.5. The zero-order valence-corrected chi connectivity index (χ0v) is 14.2. The summed E-state index contributed by atoms with van der Waals surface area (Å²) in [5.74, 6) is 1.47. The molecule has 0 amide bonds. The molecule has 0 saturated carbocycles. The first kappa shape index (κ1) is 15.9. The smallest absolute Gasteiger partial charge is 0.161 e. The van der Waals surface area contributed by atoms with Gasteiger partial charge in [0.15, 0.2) is 11.5 Å². The minimum Gasteiger partial charge on any atom is -0.493 e. The summed E-state index contributed by atoms with van der Waals surface area (Å²) in [4.78, 5) is 0. The highest BCUT2D eigenvalue weighted by Crippen LogP contribution is 2.33. The van der Waals surface area contributed by atoms with E-state index in [1.165, 1.54) is 11.1 Å². The van der Waals surface area contributed by atoms with Crippen molar-refractivity contribution in [1.82, 2.24) is 5.32 Å². The van der Waals surface area contributed by atoms with Crippen molar-refractivity contribution in [3.05, 3.63) is 57.6 Å². The lowest BCUT2D eigenvalue weighted by molar-refractivity contribution is 0.354. The van der Waals surface area contributed by atoms with E-state index in [1.807, 2.05) is 12.1 Å². The number of ether oxygens (including phenoxy) is 2. The molecule has 0 aliphatic rings. The molecular weight excluding hydrogens is 330 g/mol. The van der Waals surface area contributed by atoms with Crippen molar-refractivity contribution in [2.75, 3.05) is 14.2 Å². The van der Waals surface area contributed by atoms with Crippen LogP contribution in [-0.2, 0) is 13.1 Å². The molecule has 1 N–H and O–H groups in total. The molecule has 0 saturated heterocycles. The molecule has 2 aromatic carbocycles. The van der Waals surface area contributed by atoms with Gasteiger partial charge < -0.3 is 14.8 Å². The fourth-order valence-corrected chi connectivity index (χ4v) is 2.63. The summed E-state index contributed by atoms with van der Waals surface area (Å²) in [5, 5.41) is 3.46. The number of benzene rings is 2. The first-order valence-corrected chi connectivity index (χ1v) is 7.60. The van der Waals surface area contributed by atoms with Gasteiger partial charge in [-0.2, -0.15) is 0 Å². The lowest BCUT2D eigenvalue weighted by atomic mass is 10.1. The number of nitrogens with one attached hydrogen (secondary N) is 1. The molecule has 3 nitrogen and oxygen atoms in total. The first-order valence-electron chi connectivity index (χ1n) is 6.81. The lowest BCUT2D eigenvalue weighted by Crippen LogP contribution is -2.14. The summed E-state index contributed by atoms with van der Waals surface area (Å²) in [6.45, 7) is 3.73. The van der Waals surface area contributed by atoms with E-state index in [-0.39, 0.29) is 0 Å². The standard InChI is InChI=1S/C17H20BrNO2/c1-12-6-4-5-7-13(12)10-19-11-14-8-16(20-2)17(21-3)9-15(14)18/h4-9,19H,10-11H2,1-3H3. The molecule has 0 unspecified atom stereocenters. The molecule has 0 aliphatic carbocycles. The second-order valence-electron chi connectivity index (χ2n) is 4.83. The van der Waals surface area contributed by atoms with Crippen molar-refractivity contribution >= 4 is 15.9 Å². The SMILES string of the molecule is COc1cc(Br)c(CNCc2ccccc2C)cc1OC. The highest BCUT2D eigenvalue weighted by atomic mass is 79.9. The maximum atomic E-state index is 5.34. The molecular formula is C17H20BrNO2. The average Bonchev–Trinajstić information content (AvgIpc) is 2.50. The van der Waals surface area contributed by atoms with Gasteiger partial charge in [0.05, 0.1) is 14.2 Å². The van der Waals surface area contributed by atoms with Crippen LogP contribution in [0.15, 0.2) is 40.9 Å². The summed E-state index contributed by atoms with van der Waals surface area (Å²) in [6, 6.07) is 12.3. The fourth-order valence-electron chi connectivity index (χ4n) is 2.17. The third kappa shape index (κ3) is 3.99. The van der Waals surface area contributed by atoms with Gasteiger partial charge in [-0.25, -0.2) is 0 Å². The van der Waals surface area contributed by atoms with Crippen LogP contribution in [0.2, 0.25) is 0 Å². The Morgan fingerprint density at radius 1 is 0.952 bits per heavy atom. The van der Waals surface area contributed by atoms with E-state index >= 15 is 0 Å². The Labute approximate surface area is 134 Å². The molecule has 0 fully saturated rings. The third-order valence-corrected chi connectivity index (χ3v) is 4.18. The molecule has 0 spiro atoms. The van der Waals surface area contributed by atoms with E-state index in [0.29, 0.717) is 0 Å². The van der Waals surface area contributed by atoms with Gasteiger partial charge in [-0.3, -0.25) is 0 Å². The topological polar surface area (TPSA) is 30.5 Å². The van der Waals surface area contributed by atoms with E-state index in [1.54, 1.807) is 14.2 Å². The van der Waals surface area contributed by atoms with Crippen molar-refractivity contribution in [3.63, 3.8) is 0 Å². The van der Waals surface area contributed by atoms with Gasteiger partial charge >= 0.3 is 0 Å². The number of rotatable bonds is 6. The first-order chi connectivity index (χ1) is 10.2. The van der Waals surface area contributed by atoms with Crippen LogP contribution in [0.3, 0.4) is 0 Å². The van der Waals surface area contributed by atoms with Crippen molar-refractivity contribution in [1.29, 1.82) is 0 Å². The van der Waals surface area contributed by atoms with Gasteiger partial charge in [0.1, 0.15) is 0 Å². The summed E-state index contributed by atoms with van der Waals surface area (Å²) in [6.07, 6.45) is 0. The summed E-state index contributed by atoms with van der Waals surface area (Å²) in [5.41, 5.74) is 3.76. The Hall–Kier alpha value is -1.52. The molecule has 2 rings (SSSR count). The minimum atomic E-state index is 0.729. The monoisotopic (exact) mass is 349 g/mol. The van der Waals surface area contributed by atoms with Crippen LogP contribution in [0.1, 0.15) is 16.7 Å². The zero-order chi connectivity index (χ0) is 15.2. The maximum Gasteiger partial charge on any atom is 0.161 e. The highest BCUT2D eigenvalue weighted by molar-refractivity contribution is 9.10. The Balaban J connectivity index is 2.05. The average molecular weight is 350 g/mol. The van der Waals surface area contributed by atoms with Crippen LogP contribution < -0.4 is 14.8 Å². The maximum absolute atomic E-state index is 5.34. The van der Waals surface area contributed by atoms with Crippen LogP contribution in [0.25, 0.3) is 0 Å². The Bertz CT molecular complexity index is 614. The van der Waals surface area contributed by atoms with Crippen molar-refractivity contribution in [3.8, 4) is 11.5 Å². The van der Waals surface area contributed by atoms with Crippen LogP contribution in [0.5, 0.6) is 11.5 Å². The number of methoxy groups -OCH3 is 2. The predicted octanol–water partition coefficient (Wildman–Crippen LogP) is 4.06. The minimum absolute atomic E-state index is 0.729. The van der Waals surface area contributed by atoms with Gasteiger partial charge in [-0.05, 0) is 35.7 Å². The molecule has 4 heteroatoms. The summed E-state index contributed by atoms with van der Waals surface area (Å²) < 4.78 is 11.6. The Morgan fingerprint density at radius 2 is 1.57 bits per heavy atom. The molecule has 0 aliphatic heterocycles. The van der Waals surface area contributed by atoms with Crippen LogP contribution in [0, 0.1) is 6.92 Å². The van der Waals surface area contributed by atoms with Crippen molar-refractivity contribution in [2.24, 2.45) is 0 Å². The Kier molecular flexibility index (Phi) is 5.65. The molecule has 0 heterocycles.